The van der Waals surface area contributed by atoms with E-state index >= 15 is 0 Å². The summed E-state index contributed by atoms with van der Waals surface area (Å²) in [5.74, 6) is -1.38. The molecular weight excluding hydrogens is 296 g/mol. The fraction of sp³-hybridized carbons (Fsp3) is 0.0588. The van der Waals surface area contributed by atoms with Crippen LogP contribution in [0, 0.1) is 0 Å². The number of fused-ring (bicyclic) bond motifs is 1. The number of rotatable bonds is 3. The summed E-state index contributed by atoms with van der Waals surface area (Å²) in [6.45, 7) is 0. The van der Waals surface area contributed by atoms with E-state index in [1.807, 2.05) is 6.07 Å². The molecule has 6 nitrogen and oxygen atoms in total. The van der Waals surface area contributed by atoms with E-state index in [9.17, 15) is 14.7 Å². The normalized spacial score (nSPS) is 10.5. The summed E-state index contributed by atoms with van der Waals surface area (Å²) in [7, 11) is 1.20. The highest BCUT2D eigenvalue weighted by atomic mass is 16.7. The summed E-state index contributed by atoms with van der Waals surface area (Å²) in [5.41, 5.74) is -0.175. The molecule has 0 radical (unpaired) electrons. The number of carbonyl (C=O) groups excluding carboxylic acids is 1. The van der Waals surface area contributed by atoms with E-state index in [-0.39, 0.29) is 10.9 Å². The third-order valence-electron chi connectivity index (χ3n) is 3.45. The molecule has 1 N–H and O–H groups in total. The zero-order valence-corrected chi connectivity index (χ0v) is 12.3. The first kappa shape index (κ1) is 14.6. The molecule has 1 heterocycles. The van der Waals surface area contributed by atoms with Gasteiger partial charge < -0.3 is 15.3 Å². The number of hydrogen-bond acceptors (Lipinski definition) is 4. The van der Waals surface area contributed by atoms with Crippen molar-refractivity contribution < 1.29 is 14.7 Å². The molecule has 2 aromatic carbocycles. The number of pyridine rings is 1. The molecular formula is C17H13N2O4-. The molecule has 116 valence electrons. The maximum atomic E-state index is 12.5. The number of anilines is 1. The molecule has 6 heteroatoms. The number of para-hydroxylation sites is 1. The predicted molar refractivity (Wildman–Crippen MR) is 84.6 cm³/mol. The first-order chi connectivity index (χ1) is 11.1. The van der Waals surface area contributed by atoms with Crippen LogP contribution in [0.5, 0.6) is 5.88 Å². The zero-order valence-electron chi connectivity index (χ0n) is 12.3. The van der Waals surface area contributed by atoms with Gasteiger partial charge >= 0.3 is 0 Å². The van der Waals surface area contributed by atoms with Crippen LogP contribution in [0.3, 0.4) is 0 Å². The van der Waals surface area contributed by atoms with Gasteiger partial charge in [0.25, 0.3) is 11.5 Å². The molecule has 3 rings (SSSR count). The van der Waals surface area contributed by atoms with Crippen LogP contribution in [0.2, 0.25) is 0 Å². The average molecular weight is 309 g/mol. The second kappa shape index (κ2) is 5.84. The quantitative estimate of drug-likeness (QED) is 0.792. The van der Waals surface area contributed by atoms with Crippen LogP contribution in [0.1, 0.15) is 10.4 Å². The van der Waals surface area contributed by atoms with Gasteiger partial charge in [0.2, 0.25) is 0 Å². The second-order valence-corrected chi connectivity index (χ2v) is 4.83. The Labute approximate surface area is 131 Å². The van der Waals surface area contributed by atoms with Crippen LogP contribution in [0.25, 0.3) is 10.8 Å². The second-order valence-electron chi connectivity index (χ2n) is 4.83. The van der Waals surface area contributed by atoms with Crippen molar-refractivity contribution in [1.29, 1.82) is 0 Å². The lowest BCUT2D eigenvalue weighted by Crippen LogP contribution is -2.31. The van der Waals surface area contributed by atoms with Crippen molar-refractivity contribution in [3.05, 3.63) is 70.5 Å². The molecule has 0 fully saturated rings. The minimum Gasteiger partial charge on any atom is -0.857 e. The largest absolute Gasteiger partial charge is 0.857 e. The third kappa shape index (κ3) is 2.50. The van der Waals surface area contributed by atoms with Gasteiger partial charge in [0.1, 0.15) is 7.11 Å². The van der Waals surface area contributed by atoms with Crippen molar-refractivity contribution in [2.75, 3.05) is 12.4 Å². The van der Waals surface area contributed by atoms with E-state index < -0.39 is 17.3 Å². The van der Waals surface area contributed by atoms with Gasteiger partial charge in [0, 0.05) is 17.0 Å². The maximum Gasteiger partial charge on any atom is 0.290 e. The summed E-state index contributed by atoms with van der Waals surface area (Å²) in [6, 6.07) is 15.2. The summed E-state index contributed by atoms with van der Waals surface area (Å²) in [4.78, 5) is 29.6. The fourth-order valence-electron chi connectivity index (χ4n) is 2.41. The zero-order chi connectivity index (χ0) is 16.4. The summed E-state index contributed by atoms with van der Waals surface area (Å²) >= 11 is 0. The summed E-state index contributed by atoms with van der Waals surface area (Å²) < 4.78 is 0.586. The smallest absolute Gasteiger partial charge is 0.290 e. The molecule has 0 saturated carbocycles. The Morgan fingerprint density at radius 3 is 2.30 bits per heavy atom. The van der Waals surface area contributed by atoms with Gasteiger partial charge in [-0.1, -0.05) is 36.4 Å². The summed E-state index contributed by atoms with van der Waals surface area (Å²) in [6.07, 6.45) is 0. The van der Waals surface area contributed by atoms with Gasteiger partial charge in [-0.25, -0.2) is 0 Å². The van der Waals surface area contributed by atoms with Gasteiger partial charge in [0.05, 0.1) is 10.9 Å². The lowest BCUT2D eigenvalue weighted by molar-refractivity contribution is -0.288. The van der Waals surface area contributed by atoms with Crippen molar-refractivity contribution in [1.82, 2.24) is 4.73 Å². The number of amides is 1. The Kier molecular flexibility index (Phi) is 3.72. The number of aromatic nitrogens is 1. The van der Waals surface area contributed by atoms with E-state index in [1.165, 1.54) is 7.11 Å². The number of nitrogens with zero attached hydrogens (tertiary/aromatic N) is 1. The minimum absolute atomic E-state index is 0.133. The van der Waals surface area contributed by atoms with Crippen molar-refractivity contribution in [3.63, 3.8) is 0 Å². The van der Waals surface area contributed by atoms with Crippen molar-refractivity contribution >= 4 is 22.4 Å². The predicted octanol–water partition coefficient (Wildman–Crippen LogP) is 1.39. The molecule has 0 unspecified atom stereocenters. The SMILES string of the molecule is COn1c([O-])c(C(=O)Nc2ccccc2)c2ccccc2c1=O. The highest BCUT2D eigenvalue weighted by Gasteiger charge is 2.17. The molecule has 0 saturated heterocycles. The van der Waals surface area contributed by atoms with E-state index in [2.05, 4.69) is 5.32 Å². The first-order valence-electron chi connectivity index (χ1n) is 6.89. The van der Waals surface area contributed by atoms with Crippen LogP contribution in [0.15, 0.2) is 59.4 Å². The van der Waals surface area contributed by atoms with E-state index in [0.717, 1.165) is 0 Å². The molecule has 0 spiro atoms. The Bertz CT molecular complexity index is 932. The van der Waals surface area contributed by atoms with Crippen LogP contribution in [0.4, 0.5) is 5.69 Å². The van der Waals surface area contributed by atoms with Gasteiger partial charge in [-0.2, -0.15) is 4.73 Å². The molecule has 0 aliphatic rings. The highest BCUT2D eigenvalue weighted by Crippen LogP contribution is 2.23. The fourth-order valence-corrected chi connectivity index (χ4v) is 2.41. The molecule has 0 bridgehead atoms. The molecule has 0 aliphatic carbocycles. The van der Waals surface area contributed by atoms with Crippen LogP contribution < -0.4 is 20.8 Å². The maximum absolute atomic E-state index is 12.5. The standard InChI is InChI=1S/C17H14N2O4/c1-23-19-16(21)13-10-6-5-9-12(13)14(17(19)22)15(20)18-11-7-3-2-4-8-11/h2-10,22H,1H3,(H,18,20)/p-1. The number of hydrogen-bond donors (Lipinski definition) is 1. The van der Waals surface area contributed by atoms with E-state index in [1.54, 1.807) is 48.5 Å². The third-order valence-corrected chi connectivity index (χ3v) is 3.45. The van der Waals surface area contributed by atoms with Gasteiger partial charge in [-0.3, -0.25) is 9.59 Å². The van der Waals surface area contributed by atoms with Crippen LogP contribution in [-0.4, -0.2) is 17.7 Å². The summed E-state index contributed by atoms with van der Waals surface area (Å²) in [5, 5.41) is 15.6. The monoisotopic (exact) mass is 309 g/mol. The molecule has 1 aromatic heterocycles. The first-order valence-corrected chi connectivity index (χ1v) is 6.89. The van der Waals surface area contributed by atoms with Crippen LogP contribution >= 0.6 is 0 Å². The van der Waals surface area contributed by atoms with Crippen LogP contribution in [-0.2, 0) is 0 Å². The van der Waals surface area contributed by atoms with E-state index in [4.69, 9.17) is 4.84 Å². The van der Waals surface area contributed by atoms with Gasteiger partial charge in [0.15, 0.2) is 0 Å². The topological polar surface area (TPSA) is 83.4 Å². The van der Waals surface area contributed by atoms with Gasteiger partial charge in [-0.05, 0) is 18.2 Å². The van der Waals surface area contributed by atoms with Gasteiger partial charge in [-0.15, -0.1) is 0 Å². The Balaban J connectivity index is 2.20. The number of nitrogens with one attached hydrogen (secondary N) is 1. The lowest BCUT2D eigenvalue weighted by atomic mass is 10.1. The van der Waals surface area contributed by atoms with Crippen molar-refractivity contribution in [2.24, 2.45) is 0 Å². The average Bonchev–Trinajstić information content (AvgIpc) is 2.56. The molecule has 0 atom stereocenters. The minimum atomic E-state index is -0.787. The highest BCUT2D eigenvalue weighted by molar-refractivity contribution is 6.14. The Morgan fingerprint density at radius 2 is 1.65 bits per heavy atom. The van der Waals surface area contributed by atoms with Crippen molar-refractivity contribution in [2.45, 2.75) is 0 Å². The molecule has 1 amide bonds. The Hall–Kier alpha value is -3.28. The molecule has 0 aliphatic heterocycles. The van der Waals surface area contributed by atoms with E-state index in [0.29, 0.717) is 15.8 Å². The molecule has 23 heavy (non-hydrogen) atoms. The molecule has 3 aromatic rings. The number of benzene rings is 2. The number of carbonyl (C=O) groups is 1. The van der Waals surface area contributed by atoms with Crippen molar-refractivity contribution in [3.8, 4) is 5.88 Å². The lowest BCUT2D eigenvalue weighted by Gasteiger charge is -2.20. The Morgan fingerprint density at radius 1 is 1.04 bits per heavy atom.